The fourth-order valence-corrected chi connectivity index (χ4v) is 3.17. The number of carbonyl (C=O) groups excluding carboxylic acids is 1. The minimum absolute atomic E-state index is 0.0164. The van der Waals surface area contributed by atoms with Crippen LogP contribution in [0.3, 0.4) is 0 Å². The number of aryl methyl sites for hydroxylation is 2. The second-order valence-electron chi connectivity index (χ2n) is 6.23. The molecule has 3 rings (SSSR count). The van der Waals surface area contributed by atoms with Gasteiger partial charge in [-0.1, -0.05) is 30.3 Å². The number of hydrogen-bond donors (Lipinski definition) is 1. The molecule has 0 spiro atoms. The summed E-state index contributed by atoms with van der Waals surface area (Å²) < 4.78 is 0. The number of benzene rings is 1. The van der Waals surface area contributed by atoms with Crippen LogP contribution in [0.5, 0.6) is 0 Å². The average molecular weight is 324 g/mol. The van der Waals surface area contributed by atoms with Crippen molar-refractivity contribution in [3.05, 3.63) is 65.0 Å². The first kappa shape index (κ1) is 16.2. The maximum atomic E-state index is 12.5. The molecule has 0 saturated carbocycles. The number of nitrogens with zero attached hydrogens (tertiary/aromatic N) is 2. The second kappa shape index (κ2) is 6.83. The topological polar surface area (TPSA) is 70.5 Å². The van der Waals surface area contributed by atoms with Gasteiger partial charge in [-0.15, -0.1) is 0 Å². The Morgan fingerprint density at radius 3 is 2.83 bits per heavy atom. The molecule has 1 aromatic carbocycles. The Balaban J connectivity index is 1.71. The zero-order chi connectivity index (χ0) is 17.1. The lowest BCUT2D eigenvalue weighted by molar-refractivity contribution is -0.141. The molecule has 0 fully saturated rings. The zero-order valence-corrected chi connectivity index (χ0v) is 13.6. The molecule has 5 heteroatoms. The van der Waals surface area contributed by atoms with Gasteiger partial charge in [0.05, 0.1) is 5.92 Å². The Morgan fingerprint density at radius 1 is 1.29 bits per heavy atom. The monoisotopic (exact) mass is 324 g/mol. The Morgan fingerprint density at radius 2 is 2.08 bits per heavy atom. The van der Waals surface area contributed by atoms with Gasteiger partial charge in [-0.05, 0) is 35.6 Å². The largest absolute Gasteiger partial charge is 0.481 e. The van der Waals surface area contributed by atoms with Crippen molar-refractivity contribution < 1.29 is 14.7 Å². The first-order chi connectivity index (χ1) is 11.5. The molecule has 1 N–H and O–H groups in total. The first-order valence-corrected chi connectivity index (χ1v) is 8.03. The van der Waals surface area contributed by atoms with Crippen molar-refractivity contribution in [2.75, 3.05) is 6.54 Å². The highest BCUT2D eigenvalue weighted by Gasteiger charge is 2.32. The van der Waals surface area contributed by atoms with E-state index in [0.29, 0.717) is 19.4 Å². The third-order valence-corrected chi connectivity index (χ3v) is 4.40. The highest BCUT2D eigenvalue weighted by molar-refractivity contribution is 5.81. The second-order valence-corrected chi connectivity index (χ2v) is 6.23. The van der Waals surface area contributed by atoms with Gasteiger partial charge >= 0.3 is 5.97 Å². The number of aromatic nitrogens is 1. The van der Waals surface area contributed by atoms with Crippen molar-refractivity contribution in [1.82, 2.24) is 9.88 Å². The minimum atomic E-state index is -0.886. The zero-order valence-electron chi connectivity index (χ0n) is 13.6. The number of carboxylic acids is 1. The van der Waals surface area contributed by atoms with Crippen molar-refractivity contribution >= 4 is 11.9 Å². The van der Waals surface area contributed by atoms with Crippen LogP contribution < -0.4 is 0 Å². The quantitative estimate of drug-likeness (QED) is 0.938. The fourth-order valence-electron chi connectivity index (χ4n) is 3.17. The highest BCUT2D eigenvalue weighted by atomic mass is 16.4. The summed E-state index contributed by atoms with van der Waals surface area (Å²) in [7, 11) is 0. The molecule has 1 amide bonds. The molecule has 2 heterocycles. The van der Waals surface area contributed by atoms with E-state index < -0.39 is 11.9 Å². The van der Waals surface area contributed by atoms with Gasteiger partial charge in [0.2, 0.25) is 5.91 Å². The Bertz CT molecular complexity index is 773. The van der Waals surface area contributed by atoms with E-state index >= 15 is 0 Å². The number of carbonyl (C=O) groups is 2. The molecular formula is C19H20N2O3. The number of amides is 1. The maximum absolute atomic E-state index is 12.5. The predicted octanol–water partition coefficient (Wildman–Crippen LogP) is 2.53. The Hall–Kier alpha value is -2.69. The van der Waals surface area contributed by atoms with Gasteiger partial charge in [0, 0.05) is 31.9 Å². The lowest BCUT2D eigenvalue weighted by Crippen LogP contribution is -2.40. The van der Waals surface area contributed by atoms with Gasteiger partial charge in [0.15, 0.2) is 0 Å². The number of fused-ring (bicyclic) bond motifs is 1. The molecular weight excluding hydrogens is 304 g/mol. The van der Waals surface area contributed by atoms with E-state index in [0.717, 1.165) is 22.3 Å². The van der Waals surface area contributed by atoms with Crippen LogP contribution in [0.2, 0.25) is 0 Å². The van der Waals surface area contributed by atoms with Gasteiger partial charge < -0.3 is 10.0 Å². The molecule has 1 aromatic heterocycles. The predicted molar refractivity (Wildman–Crippen MR) is 89.5 cm³/mol. The molecule has 2 aromatic rings. The van der Waals surface area contributed by atoms with Crippen LogP contribution in [-0.2, 0) is 22.6 Å². The van der Waals surface area contributed by atoms with Crippen LogP contribution in [0.25, 0.3) is 0 Å². The molecule has 0 radical (unpaired) electrons. The van der Waals surface area contributed by atoms with Crippen molar-refractivity contribution in [2.45, 2.75) is 32.2 Å². The van der Waals surface area contributed by atoms with Crippen molar-refractivity contribution in [1.29, 1.82) is 0 Å². The van der Waals surface area contributed by atoms with Crippen LogP contribution in [0.15, 0.2) is 42.7 Å². The fraction of sp³-hybridized carbons (Fsp3) is 0.316. The van der Waals surface area contributed by atoms with Crippen molar-refractivity contribution in [3.63, 3.8) is 0 Å². The van der Waals surface area contributed by atoms with Gasteiger partial charge in [-0.25, -0.2) is 0 Å². The molecule has 0 saturated heterocycles. The molecule has 1 aliphatic heterocycles. The summed E-state index contributed by atoms with van der Waals surface area (Å²) in [4.78, 5) is 29.9. The van der Waals surface area contributed by atoms with Crippen molar-refractivity contribution in [3.8, 4) is 0 Å². The normalized spacial score (nSPS) is 16.5. The molecule has 1 unspecified atom stereocenters. The lowest BCUT2D eigenvalue weighted by atomic mass is 9.89. The third-order valence-electron chi connectivity index (χ3n) is 4.40. The van der Waals surface area contributed by atoms with Crippen molar-refractivity contribution in [2.24, 2.45) is 0 Å². The molecule has 124 valence electrons. The number of aliphatic carboxylic acids is 1. The Kier molecular flexibility index (Phi) is 4.60. The van der Waals surface area contributed by atoms with Crippen LogP contribution in [0.1, 0.15) is 34.6 Å². The number of pyridine rings is 1. The number of rotatable bonds is 4. The van der Waals surface area contributed by atoms with E-state index in [-0.39, 0.29) is 12.5 Å². The van der Waals surface area contributed by atoms with E-state index in [4.69, 9.17) is 0 Å². The molecule has 1 atom stereocenters. The van der Waals surface area contributed by atoms with Crippen LogP contribution >= 0.6 is 0 Å². The maximum Gasteiger partial charge on any atom is 0.312 e. The summed E-state index contributed by atoms with van der Waals surface area (Å²) in [5.41, 5.74) is 3.83. The molecule has 0 bridgehead atoms. The van der Waals surface area contributed by atoms with Gasteiger partial charge in [0.25, 0.3) is 0 Å². The van der Waals surface area contributed by atoms with E-state index in [1.807, 2.05) is 37.3 Å². The number of carboxylic acid groups (broad SMARTS) is 1. The minimum Gasteiger partial charge on any atom is -0.481 e. The smallest absolute Gasteiger partial charge is 0.312 e. The van der Waals surface area contributed by atoms with Gasteiger partial charge in [-0.3, -0.25) is 14.6 Å². The van der Waals surface area contributed by atoms with Crippen LogP contribution in [0.4, 0.5) is 0 Å². The lowest BCUT2D eigenvalue weighted by Gasteiger charge is -2.33. The summed E-state index contributed by atoms with van der Waals surface area (Å²) >= 11 is 0. The highest BCUT2D eigenvalue weighted by Crippen LogP contribution is 2.29. The summed E-state index contributed by atoms with van der Waals surface area (Å²) in [5.74, 6) is -1.56. The van der Waals surface area contributed by atoms with Crippen LogP contribution in [0, 0.1) is 6.92 Å². The molecule has 24 heavy (non-hydrogen) atoms. The van der Waals surface area contributed by atoms with E-state index in [9.17, 15) is 14.7 Å². The summed E-state index contributed by atoms with van der Waals surface area (Å²) in [5, 5.41) is 9.48. The van der Waals surface area contributed by atoms with E-state index in [2.05, 4.69) is 4.98 Å². The van der Waals surface area contributed by atoms with Gasteiger partial charge in [0.1, 0.15) is 0 Å². The SMILES string of the molecule is Cc1cncc(CCC(=O)N2Cc3ccccc3C(C(=O)O)C2)c1. The summed E-state index contributed by atoms with van der Waals surface area (Å²) in [6.07, 6.45) is 4.53. The molecule has 5 nitrogen and oxygen atoms in total. The van der Waals surface area contributed by atoms with Gasteiger partial charge in [-0.2, -0.15) is 0 Å². The van der Waals surface area contributed by atoms with E-state index in [1.54, 1.807) is 17.3 Å². The summed E-state index contributed by atoms with van der Waals surface area (Å²) in [6, 6.07) is 9.48. The number of hydrogen-bond acceptors (Lipinski definition) is 3. The third kappa shape index (κ3) is 3.45. The first-order valence-electron chi connectivity index (χ1n) is 8.03. The molecule has 0 aliphatic carbocycles. The average Bonchev–Trinajstić information content (AvgIpc) is 2.58. The molecule has 1 aliphatic rings. The standard InChI is InChI=1S/C19H20N2O3/c1-13-8-14(10-20-9-13)6-7-18(22)21-11-15-4-2-3-5-16(15)17(12-21)19(23)24/h2-5,8-10,17H,6-7,11-12H2,1H3,(H,23,24). The Labute approximate surface area is 140 Å². The van der Waals surface area contributed by atoms with Crippen LogP contribution in [-0.4, -0.2) is 33.4 Å². The van der Waals surface area contributed by atoms with E-state index in [1.165, 1.54) is 0 Å². The summed E-state index contributed by atoms with van der Waals surface area (Å²) in [6.45, 7) is 2.68.